The summed E-state index contributed by atoms with van der Waals surface area (Å²) in [5.41, 5.74) is 1.41. The molecule has 12 heavy (non-hydrogen) atoms. The van der Waals surface area contributed by atoms with Crippen molar-refractivity contribution < 1.29 is 4.79 Å². The lowest BCUT2D eigenvalue weighted by Crippen LogP contribution is -1.89. The molecule has 0 fully saturated rings. The fraction of sp³-hybridized carbons (Fsp3) is 0. The zero-order valence-electron chi connectivity index (χ0n) is 6.07. The summed E-state index contributed by atoms with van der Waals surface area (Å²) in [5, 5.41) is 0. The van der Waals surface area contributed by atoms with Crippen LogP contribution in [0.1, 0.15) is 10.5 Å². The van der Waals surface area contributed by atoms with Crippen molar-refractivity contribution in [3.63, 3.8) is 0 Å². The quantitative estimate of drug-likeness (QED) is 0.694. The maximum atomic E-state index is 10.4. The van der Waals surface area contributed by atoms with Gasteiger partial charge in [0.25, 0.3) is 0 Å². The van der Waals surface area contributed by atoms with Crippen LogP contribution in [0.2, 0.25) is 0 Å². The Labute approximate surface area is 77.2 Å². The number of rotatable bonds is 1. The first-order valence-corrected chi connectivity index (χ1v) is 4.17. The topological polar surface area (TPSA) is 34.4 Å². The van der Waals surface area contributed by atoms with Gasteiger partial charge in [0.1, 0.15) is 5.69 Å². The average Bonchev–Trinajstić information content (AvgIpc) is 2.43. The fourth-order valence-corrected chi connectivity index (χ4v) is 1.51. The molecule has 3 nitrogen and oxygen atoms in total. The number of carbonyl (C=O) groups is 1. The highest BCUT2D eigenvalue weighted by atomic mass is 79.9. The summed E-state index contributed by atoms with van der Waals surface area (Å²) >= 11 is 3.33. The molecule has 4 heteroatoms. The Morgan fingerprint density at radius 2 is 2.33 bits per heavy atom. The molecular weight excluding hydrogens is 220 g/mol. The fourth-order valence-electron chi connectivity index (χ4n) is 1.06. The highest BCUT2D eigenvalue weighted by Gasteiger charge is 1.97. The van der Waals surface area contributed by atoms with E-state index in [2.05, 4.69) is 20.9 Å². The molecule has 0 radical (unpaired) electrons. The van der Waals surface area contributed by atoms with Crippen LogP contribution in [0, 0.1) is 0 Å². The summed E-state index contributed by atoms with van der Waals surface area (Å²) in [7, 11) is 0. The van der Waals surface area contributed by atoms with Crippen LogP contribution in [0.15, 0.2) is 29.1 Å². The molecule has 0 aliphatic rings. The Morgan fingerprint density at radius 1 is 1.50 bits per heavy atom. The molecule has 0 saturated carbocycles. The maximum absolute atomic E-state index is 10.4. The van der Waals surface area contributed by atoms with Crippen molar-refractivity contribution in [3.05, 3.63) is 34.8 Å². The van der Waals surface area contributed by atoms with E-state index in [0.29, 0.717) is 5.69 Å². The van der Waals surface area contributed by atoms with Crippen LogP contribution in [-0.4, -0.2) is 15.7 Å². The van der Waals surface area contributed by atoms with Gasteiger partial charge in [-0.3, -0.25) is 4.79 Å². The lowest BCUT2D eigenvalue weighted by molar-refractivity contribution is 0.111. The molecule has 2 aromatic rings. The Balaban J connectivity index is 2.74. The second-order valence-electron chi connectivity index (χ2n) is 2.42. The Morgan fingerprint density at radius 3 is 3.08 bits per heavy atom. The summed E-state index contributed by atoms with van der Waals surface area (Å²) in [4.78, 5) is 14.3. The minimum atomic E-state index is 0.452. The molecule has 0 amide bonds. The van der Waals surface area contributed by atoms with E-state index in [1.165, 1.54) is 0 Å². The van der Waals surface area contributed by atoms with E-state index >= 15 is 0 Å². The highest BCUT2D eigenvalue weighted by molar-refractivity contribution is 9.10. The van der Waals surface area contributed by atoms with Crippen molar-refractivity contribution in [2.24, 2.45) is 0 Å². The van der Waals surface area contributed by atoms with Gasteiger partial charge in [-0.05, 0) is 28.1 Å². The number of halogens is 1. The van der Waals surface area contributed by atoms with Gasteiger partial charge in [0.15, 0.2) is 6.29 Å². The van der Waals surface area contributed by atoms with Crippen LogP contribution in [0.3, 0.4) is 0 Å². The molecule has 0 aromatic carbocycles. The van der Waals surface area contributed by atoms with Gasteiger partial charge in [0, 0.05) is 16.2 Å². The number of hydrogen-bond donors (Lipinski definition) is 0. The minimum absolute atomic E-state index is 0.452. The molecule has 0 bridgehead atoms. The number of nitrogens with zero attached hydrogens (tertiary/aromatic N) is 2. The molecule has 0 atom stereocenters. The van der Waals surface area contributed by atoms with Crippen molar-refractivity contribution in [1.29, 1.82) is 0 Å². The van der Waals surface area contributed by atoms with Crippen molar-refractivity contribution in [2.45, 2.75) is 0 Å². The largest absolute Gasteiger partial charge is 0.307 e. The predicted octanol–water partition coefficient (Wildman–Crippen LogP) is 1.91. The van der Waals surface area contributed by atoms with Gasteiger partial charge in [-0.2, -0.15) is 0 Å². The second-order valence-corrected chi connectivity index (χ2v) is 3.34. The van der Waals surface area contributed by atoms with E-state index in [9.17, 15) is 4.79 Å². The lowest BCUT2D eigenvalue weighted by atomic mass is 10.4. The van der Waals surface area contributed by atoms with Gasteiger partial charge in [-0.1, -0.05) is 0 Å². The average molecular weight is 225 g/mol. The van der Waals surface area contributed by atoms with E-state index < -0.39 is 0 Å². The summed E-state index contributed by atoms with van der Waals surface area (Å²) in [6.45, 7) is 0. The van der Waals surface area contributed by atoms with Crippen LogP contribution in [0.4, 0.5) is 0 Å². The third-order valence-corrected chi connectivity index (χ3v) is 2.03. The van der Waals surface area contributed by atoms with Gasteiger partial charge < -0.3 is 4.40 Å². The summed E-state index contributed by atoms with van der Waals surface area (Å²) < 4.78 is 2.82. The maximum Gasteiger partial charge on any atom is 0.168 e. The first kappa shape index (κ1) is 7.49. The normalized spacial score (nSPS) is 10.4. The van der Waals surface area contributed by atoms with Crippen LogP contribution in [0.5, 0.6) is 0 Å². The van der Waals surface area contributed by atoms with Crippen molar-refractivity contribution in [2.75, 3.05) is 0 Å². The van der Waals surface area contributed by atoms with E-state index in [4.69, 9.17) is 0 Å². The molecule has 0 N–H and O–H groups in total. The third-order valence-electron chi connectivity index (χ3n) is 1.59. The van der Waals surface area contributed by atoms with Crippen LogP contribution >= 0.6 is 15.9 Å². The van der Waals surface area contributed by atoms with Crippen molar-refractivity contribution in [1.82, 2.24) is 9.38 Å². The Hall–Kier alpha value is -1.16. The van der Waals surface area contributed by atoms with Gasteiger partial charge >= 0.3 is 0 Å². The number of aldehydes is 1. The zero-order chi connectivity index (χ0) is 8.55. The molecule has 0 aliphatic heterocycles. The van der Waals surface area contributed by atoms with Gasteiger partial charge in [0.2, 0.25) is 0 Å². The molecule has 2 heterocycles. The van der Waals surface area contributed by atoms with Crippen LogP contribution in [-0.2, 0) is 0 Å². The summed E-state index contributed by atoms with van der Waals surface area (Å²) in [5.74, 6) is 0. The first-order valence-electron chi connectivity index (χ1n) is 3.38. The number of carbonyl (C=O) groups excluding carboxylic acids is 1. The van der Waals surface area contributed by atoms with E-state index in [1.807, 2.05) is 16.7 Å². The SMILES string of the molecule is O=Cc1cc2cc(Br)cn2cn1. The van der Waals surface area contributed by atoms with Crippen LogP contribution in [0.25, 0.3) is 5.52 Å². The van der Waals surface area contributed by atoms with Gasteiger partial charge in [0.05, 0.1) is 6.33 Å². The second kappa shape index (κ2) is 2.71. The smallest absolute Gasteiger partial charge is 0.168 e. The van der Waals surface area contributed by atoms with Crippen molar-refractivity contribution >= 4 is 27.7 Å². The lowest BCUT2D eigenvalue weighted by Gasteiger charge is -1.92. The Kier molecular flexibility index (Phi) is 1.69. The van der Waals surface area contributed by atoms with Crippen LogP contribution < -0.4 is 0 Å². The Bertz CT molecular complexity index is 436. The molecule has 2 rings (SSSR count). The standard InChI is InChI=1S/C8H5BrN2O/c9-6-1-8-2-7(4-12)10-5-11(8)3-6/h1-5H. The number of aromatic nitrogens is 2. The molecule has 0 unspecified atom stereocenters. The molecule has 0 aliphatic carbocycles. The number of hydrogen-bond acceptors (Lipinski definition) is 2. The summed E-state index contributed by atoms with van der Waals surface area (Å²) in [6.07, 6.45) is 4.24. The monoisotopic (exact) mass is 224 g/mol. The first-order chi connectivity index (χ1) is 5.79. The highest BCUT2D eigenvalue weighted by Crippen LogP contribution is 2.14. The number of fused-ring (bicyclic) bond motifs is 1. The zero-order valence-corrected chi connectivity index (χ0v) is 7.65. The predicted molar refractivity (Wildman–Crippen MR) is 48.3 cm³/mol. The molecule has 2 aromatic heterocycles. The van der Waals surface area contributed by atoms with Crippen molar-refractivity contribution in [3.8, 4) is 0 Å². The molecule has 0 saturated heterocycles. The summed E-state index contributed by atoms with van der Waals surface area (Å²) in [6, 6.07) is 3.66. The van der Waals surface area contributed by atoms with E-state index in [0.717, 1.165) is 16.3 Å². The molecule has 0 spiro atoms. The van der Waals surface area contributed by atoms with E-state index in [-0.39, 0.29) is 0 Å². The molecule has 60 valence electrons. The van der Waals surface area contributed by atoms with Gasteiger partial charge in [-0.25, -0.2) is 4.98 Å². The van der Waals surface area contributed by atoms with Gasteiger partial charge in [-0.15, -0.1) is 0 Å². The van der Waals surface area contributed by atoms with E-state index in [1.54, 1.807) is 12.4 Å². The third kappa shape index (κ3) is 1.14. The minimum Gasteiger partial charge on any atom is -0.307 e. The molecular formula is C8H5BrN2O.